The minimum Gasteiger partial charge on any atom is -0.480 e. The number of carbonyl (C=O) groups is 3. The van der Waals surface area contributed by atoms with E-state index in [1.165, 1.54) is 11.9 Å². The Hall–Kier alpha value is -1.79. The highest BCUT2D eigenvalue weighted by Gasteiger charge is 2.14. The average Bonchev–Trinajstić information content (AvgIpc) is 2.21. The van der Waals surface area contributed by atoms with Gasteiger partial charge >= 0.3 is 12.0 Å². The van der Waals surface area contributed by atoms with Gasteiger partial charge in [0, 0.05) is 13.6 Å². The number of urea groups is 1. The number of aliphatic carboxylic acids is 1. The number of hydrogen-bond donors (Lipinski definition) is 3. The molecule has 15 heavy (non-hydrogen) atoms. The van der Waals surface area contributed by atoms with E-state index in [0.717, 1.165) is 0 Å². The first-order chi connectivity index (χ1) is 7.01. The number of likely N-dealkylation sites (N-methyl/N-ethyl adjacent to an activating group) is 2. The third-order valence-electron chi connectivity index (χ3n) is 1.67. The predicted octanol–water partition coefficient (Wildman–Crippen LogP) is -1.15. The molecule has 0 unspecified atom stereocenters. The van der Waals surface area contributed by atoms with Crippen molar-refractivity contribution >= 4 is 17.9 Å². The van der Waals surface area contributed by atoms with Crippen molar-refractivity contribution in [2.45, 2.75) is 6.92 Å². The summed E-state index contributed by atoms with van der Waals surface area (Å²) in [4.78, 5) is 33.7. The summed E-state index contributed by atoms with van der Waals surface area (Å²) in [5.41, 5.74) is 0. The lowest BCUT2D eigenvalue weighted by Crippen LogP contribution is -2.46. The molecule has 0 radical (unpaired) electrons. The normalized spacial score (nSPS) is 9.20. The van der Waals surface area contributed by atoms with Gasteiger partial charge in [-0.05, 0) is 6.92 Å². The number of rotatable bonds is 5. The lowest BCUT2D eigenvalue weighted by molar-refractivity contribution is -0.135. The Kier molecular flexibility index (Phi) is 5.84. The van der Waals surface area contributed by atoms with Crippen molar-refractivity contribution in [1.29, 1.82) is 0 Å². The summed E-state index contributed by atoms with van der Waals surface area (Å²) < 4.78 is 0. The van der Waals surface area contributed by atoms with Gasteiger partial charge in [0.05, 0.1) is 0 Å². The van der Waals surface area contributed by atoms with Crippen LogP contribution in [0.5, 0.6) is 0 Å². The first-order valence-electron chi connectivity index (χ1n) is 4.46. The highest BCUT2D eigenvalue weighted by molar-refractivity contribution is 5.85. The zero-order chi connectivity index (χ0) is 11.8. The van der Waals surface area contributed by atoms with Crippen molar-refractivity contribution in [2.75, 3.05) is 26.7 Å². The summed E-state index contributed by atoms with van der Waals surface area (Å²) in [5, 5.41) is 12.9. The Morgan fingerprint density at radius 1 is 1.33 bits per heavy atom. The first kappa shape index (κ1) is 13.2. The number of carboxylic acid groups (broad SMARTS) is 1. The smallest absolute Gasteiger partial charge is 0.323 e. The van der Waals surface area contributed by atoms with Gasteiger partial charge in [-0.15, -0.1) is 0 Å². The number of carboxylic acids is 1. The van der Waals surface area contributed by atoms with Crippen LogP contribution in [0, 0.1) is 0 Å². The highest BCUT2D eigenvalue weighted by atomic mass is 16.4. The monoisotopic (exact) mass is 217 g/mol. The van der Waals surface area contributed by atoms with E-state index in [4.69, 9.17) is 5.11 Å². The van der Waals surface area contributed by atoms with Gasteiger partial charge in [0.2, 0.25) is 5.91 Å². The molecule has 0 fully saturated rings. The fourth-order valence-electron chi connectivity index (χ4n) is 0.843. The Balaban J connectivity index is 4.10. The zero-order valence-electron chi connectivity index (χ0n) is 8.74. The highest BCUT2D eigenvalue weighted by Crippen LogP contribution is 1.88. The van der Waals surface area contributed by atoms with Gasteiger partial charge in [-0.25, -0.2) is 4.79 Å². The van der Waals surface area contributed by atoms with Crippen LogP contribution in [0.2, 0.25) is 0 Å². The van der Waals surface area contributed by atoms with E-state index in [0.29, 0.717) is 6.54 Å². The molecular weight excluding hydrogens is 202 g/mol. The maximum absolute atomic E-state index is 11.3. The summed E-state index contributed by atoms with van der Waals surface area (Å²) in [6, 6.07) is -0.566. The predicted molar refractivity (Wildman–Crippen MR) is 52.3 cm³/mol. The molecule has 0 bridgehead atoms. The fraction of sp³-hybridized carbons (Fsp3) is 0.625. The van der Waals surface area contributed by atoms with Crippen LogP contribution in [0.3, 0.4) is 0 Å². The van der Waals surface area contributed by atoms with Crippen LogP contribution >= 0.6 is 0 Å². The molecule has 0 atom stereocenters. The van der Waals surface area contributed by atoms with Gasteiger partial charge in [0.1, 0.15) is 13.1 Å². The molecule has 0 aliphatic rings. The van der Waals surface area contributed by atoms with E-state index < -0.39 is 18.5 Å². The van der Waals surface area contributed by atoms with Crippen molar-refractivity contribution < 1.29 is 19.5 Å². The average molecular weight is 217 g/mol. The molecule has 0 aromatic carbocycles. The van der Waals surface area contributed by atoms with E-state index in [1.54, 1.807) is 6.92 Å². The van der Waals surface area contributed by atoms with Gasteiger partial charge in [-0.3, -0.25) is 9.59 Å². The van der Waals surface area contributed by atoms with E-state index in [-0.39, 0.29) is 12.5 Å². The number of nitrogens with zero attached hydrogens (tertiary/aromatic N) is 1. The zero-order valence-corrected chi connectivity index (χ0v) is 8.74. The maximum atomic E-state index is 11.3. The SMILES string of the molecule is CCN(CC(=O)NC)C(=O)NCC(=O)O. The van der Waals surface area contributed by atoms with Gasteiger partial charge < -0.3 is 20.6 Å². The topological polar surface area (TPSA) is 98.7 Å². The first-order valence-corrected chi connectivity index (χ1v) is 4.46. The van der Waals surface area contributed by atoms with Crippen molar-refractivity contribution in [1.82, 2.24) is 15.5 Å². The Morgan fingerprint density at radius 3 is 2.33 bits per heavy atom. The van der Waals surface area contributed by atoms with Crippen LogP contribution < -0.4 is 10.6 Å². The molecule has 3 N–H and O–H groups in total. The van der Waals surface area contributed by atoms with Gasteiger partial charge in [-0.1, -0.05) is 0 Å². The minimum atomic E-state index is -1.13. The molecule has 0 aliphatic carbocycles. The lowest BCUT2D eigenvalue weighted by atomic mass is 10.5. The summed E-state index contributed by atoms with van der Waals surface area (Å²) in [7, 11) is 1.46. The number of nitrogens with one attached hydrogen (secondary N) is 2. The molecule has 0 aromatic rings. The molecule has 7 nitrogen and oxygen atoms in total. The molecule has 0 aromatic heterocycles. The lowest BCUT2D eigenvalue weighted by Gasteiger charge is -2.19. The molecule has 0 aliphatic heterocycles. The van der Waals surface area contributed by atoms with Crippen molar-refractivity contribution in [3.05, 3.63) is 0 Å². The van der Waals surface area contributed by atoms with Crippen LogP contribution in [0.15, 0.2) is 0 Å². The van der Waals surface area contributed by atoms with Crippen molar-refractivity contribution in [2.24, 2.45) is 0 Å². The Morgan fingerprint density at radius 2 is 1.93 bits per heavy atom. The summed E-state index contributed by atoms with van der Waals surface area (Å²) in [6.45, 7) is 1.49. The fourth-order valence-corrected chi connectivity index (χ4v) is 0.843. The van der Waals surface area contributed by atoms with E-state index in [9.17, 15) is 14.4 Å². The van der Waals surface area contributed by atoms with E-state index in [1.807, 2.05) is 0 Å². The minimum absolute atomic E-state index is 0.0849. The van der Waals surface area contributed by atoms with E-state index in [2.05, 4.69) is 10.6 Å². The molecule has 0 heterocycles. The number of amides is 3. The Labute approximate surface area is 87.4 Å². The third-order valence-corrected chi connectivity index (χ3v) is 1.67. The van der Waals surface area contributed by atoms with Gasteiger partial charge in [-0.2, -0.15) is 0 Å². The van der Waals surface area contributed by atoms with Gasteiger partial charge in [0.25, 0.3) is 0 Å². The van der Waals surface area contributed by atoms with E-state index >= 15 is 0 Å². The molecule has 0 saturated heterocycles. The molecule has 0 spiro atoms. The second-order valence-electron chi connectivity index (χ2n) is 2.74. The van der Waals surface area contributed by atoms with Crippen molar-refractivity contribution in [3.63, 3.8) is 0 Å². The largest absolute Gasteiger partial charge is 0.480 e. The van der Waals surface area contributed by atoms with Crippen LogP contribution in [0.1, 0.15) is 6.92 Å². The Bertz CT molecular complexity index is 254. The van der Waals surface area contributed by atoms with Crippen LogP contribution in [0.25, 0.3) is 0 Å². The number of carbonyl (C=O) groups excluding carboxylic acids is 2. The molecule has 0 rings (SSSR count). The summed E-state index contributed by atoms with van der Waals surface area (Å²) >= 11 is 0. The van der Waals surface area contributed by atoms with Crippen LogP contribution in [-0.4, -0.2) is 54.6 Å². The number of hydrogen-bond acceptors (Lipinski definition) is 3. The maximum Gasteiger partial charge on any atom is 0.323 e. The molecule has 0 saturated carbocycles. The summed E-state index contributed by atoms with van der Waals surface area (Å²) in [5.74, 6) is -1.43. The second kappa shape index (κ2) is 6.63. The third kappa shape index (κ3) is 5.50. The van der Waals surface area contributed by atoms with Crippen molar-refractivity contribution in [3.8, 4) is 0 Å². The van der Waals surface area contributed by atoms with Crippen LogP contribution in [-0.2, 0) is 9.59 Å². The van der Waals surface area contributed by atoms with Gasteiger partial charge in [0.15, 0.2) is 0 Å². The second-order valence-corrected chi connectivity index (χ2v) is 2.74. The quantitative estimate of drug-likeness (QED) is 0.541. The summed E-state index contributed by atoms with van der Waals surface area (Å²) in [6.07, 6.45) is 0. The molecule has 3 amide bonds. The standard InChI is InChI=1S/C8H15N3O4/c1-3-11(5-6(12)9-2)8(15)10-4-7(13)14/h3-5H2,1-2H3,(H,9,12)(H,10,15)(H,13,14). The molecule has 86 valence electrons. The van der Waals surface area contributed by atoms with Crippen LogP contribution in [0.4, 0.5) is 4.79 Å². The molecular formula is C8H15N3O4. The molecule has 7 heteroatoms.